The molecular formula is C13H15N3O5. The van der Waals surface area contributed by atoms with Gasteiger partial charge in [-0.3, -0.25) is 14.9 Å². The van der Waals surface area contributed by atoms with Gasteiger partial charge in [-0.05, 0) is 5.56 Å². The maximum atomic E-state index is 11.8. The number of benzene rings is 1. The van der Waals surface area contributed by atoms with E-state index in [0.717, 1.165) is 4.90 Å². The predicted molar refractivity (Wildman–Crippen MR) is 74.7 cm³/mol. The van der Waals surface area contributed by atoms with Gasteiger partial charge >= 0.3 is 12.0 Å². The van der Waals surface area contributed by atoms with Crippen LogP contribution in [-0.4, -0.2) is 40.0 Å². The average Bonchev–Trinajstić information content (AvgIpc) is 2.44. The lowest BCUT2D eigenvalue weighted by Gasteiger charge is -2.19. The van der Waals surface area contributed by atoms with Gasteiger partial charge in [0.25, 0.3) is 5.69 Å². The second-order valence-corrected chi connectivity index (χ2v) is 4.15. The van der Waals surface area contributed by atoms with Crippen LogP contribution in [0.2, 0.25) is 0 Å². The Kier molecular flexibility index (Phi) is 5.87. The van der Waals surface area contributed by atoms with Gasteiger partial charge in [0.2, 0.25) is 0 Å². The molecule has 21 heavy (non-hydrogen) atoms. The minimum atomic E-state index is -1.14. The van der Waals surface area contributed by atoms with Crippen LogP contribution in [0.1, 0.15) is 5.56 Å². The van der Waals surface area contributed by atoms with Gasteiger partial charge in [0.05, 0.1) is 4.92 Å². The Morgan fingerprint density at radius 2 is 2.19 bits per heavy atom. The zero-order valence-electron chi connectivity index (χ0n) is 11.2. The Hall–Kier alpha value is -2.90. The van der Waals surface area contributed by atoms with E-state index in [9.17, 15) is 19.7 Å². The van der Waals surface area contributed by atoms with Crippen molar-refractivity contribution in [2.75, 3.05) is 13.1 Å². The summed E-state index contributed by atoms with van der Waals surface area (Å²) in [6.45, 7) is 3.15. The normalized spacial score (nSPS) is 9.71. The third kappa shape index (κ3) is 5.31. The van der Waals surface area contributed by atoms with Crippen molar-refractivity contribution < 1.29 is 19.6 Å². The Bertz CT molecular complexity index is 558. The molecule has 0 unspecified atom stereocenters. The maximum absolute atomic E-state index is 11.8. The molecule has 0 fully saturated rings. The highest BCUT2D eigenvalue weighted by Gasteiger charge is 2.15. The van der Waals surface area contributed by atoms with Crippen molar-refractivity contribution in [3.05, 3.63) is 52.6 Å². The summed E-state index contributed by atoms with van der Waals surface area (Å²) in [5.41, 5.74) is 0.474. The van der Waals surface area contributed by atoms with Crippen molar-refractivity contribution >= 4 is 17.7 Å². The molecule has 112 valence electrons. The number of nitrogens with zero attached hydrogens (tertiary/aromatic N) is 2. The van der Waals surface area contributed by atoms with E-state index < -0.39 is 23.5 Å². The number of carbonyl (C=O) groups excluding carboxylic acids is 1. The van der Waals surface area contributed by atoms with Crippen LogP contribution in [-0.2, 0) is 11.3 Å². The summed E-state index contributed by atoms with van der Waals surface area (Å²) in [6, 6.07) is 5.25. The number of nitro benzene ring substituents is 1. The standard InChI is InChI=1S/C13H15N3O5/c1-2-6-15(9-12(17)18)13(19)14-8-10-4-3-5-11(7-10)16(20)21/h2-5,7H,1,6,8-9H2,(H,14,19)(H,17,18). The average molecular weight is 293 g/mol. The van der Waals surface area contributed by atoms with Crippen LogP contribution in [0.15, 0.2) is 36.9 Å². The van der Waals surface area contributed by atoms with E-state index in [0.29, 0.717) is 5.56 Å². The highest BCUT2D eigenvalue weighted by molar-refractivity contribution is 5.80. The van der Waals surface area contributed by atoms with Crippen molar-refractivity contribution in [3.63, 3.8) is 0 Å². The SMILES string of the molecule is C=CCN(CC(=O)O)C(=O)NCc1cccc([N+](=O)[O-])c1. The molecule has 2 amide bonds. The van der Waals surface area contributed by atoms with E-state index in [1.165, 1.54) is 24.3 Å². The van der Waals surface area contributed by atoms with Crippen LogP contribution in [0.25, 0.3) is 0 Å². The number of aliphatic carboxylic acids is 1. The first kappa shape index (κ1) is 16.2. The number of hydrogen-bond acceptors (Lipinski definition) is 4. The molecule has 0 saturated carbocycles. The lowest BCUT2D eigenvalue weighted by molar-refractivity contribution is -0.384. The minimum Gasteiger partial charge on any atom is -0.480 e. The van der Waals surface area contributed by atoms with Gasteiger partial charge in [0.1, 0.15) is 6.54 Å². The Labute approximate surface area is 120 Å². The molecule has 1 aromatic rings. The van der Waals surface area contributed by atoms with Gasteiger partial charge in [-0.15, -0.1) is 6.58 Å². The molecule has 8 heteroatoms. The fourth-order valence-corrected chi connectivity index (χ4v) is 1.61. The summed E-state index contributed by atoms with van der Waals surface area (Å²) in [5.74, 6) is -1.14. The van der Waals surface area contributed by atoms with Gasteiger partial charge in [0.15, 0.2) is 0 Å². The number of amides is 2. The number of carboxylic acid groups (broad SMARTS) is 1. The van der Waals surface area contributed by atoms with E-state index in [4.69, 9.17) is 5.11 Å². The Balaban J connectivity index is 2.65. The highest BCUT2D eigenvalue weighted by atomic mass is 16.6. The number of hydrogen-bond donors (Lipinski definition) is 2. The van der Waals surface area contributed by atoms with Crippen LogP contribution < -0.4 is 5.32 Å². The van der Waals surface area contributed by atoms with E-state index in [1.807, 2.05) is 0 Å². The first-order valence-electron chi connectivity index (χ1n) is 6.03. The number of nitro groups is 1. The molecule has 2 N–H and O–H groups in total. The quantitative estimate of drug-likeness (QED) is 0.448. The molecule has 0 bridgehead atoms. The van der Waals surface area contributed by atoms with Gasteiger partial charge in [-0.2, -0.15) is 0 Å². The number of nitrogens with one attached hydrogen (secondary N) is 1. The monoisotopic (exact) mass is 293 g/mol. The second-order valence-electron chi connectivity index (χ2n) is 4.15. The van der Waals surface area contributed by atoms with Crippen molar-refractivity contribution in [1.29, 1.82) is 0 Å². The molecule has 1 rings (SSSR count). The number of carboxylic acids is 1. The van der Waals surface area contributed by atoms with E-state index in [-0.39, 0.29) is 18.8 Å². The molecule has 0 heterocycles. The van der Waals surface area contributed by atoms with Gasteiger partial charge in [-0.1, -0.05) is 18.2 Å². The summed E-state index contributed by atoms with van der Waals surface area (Å²) in [7, 11) is 0. The van der Waals surface area contributed by atoms with E-state index >= 15 is 0 Å². The highest BCUT2D eigenvalue weighted by Crippen LogP contribution is 2.12. The van der Waals surface area contributed by atoms with Crippen molar-refractivity contribution in [1.82, 2.24) is 10.2 Å². The molecule has 0 atom stereocenters. The third-order valence-electron chi connectivity index (χ3n) is 2.53. The van der Waals surface area contributed by atoms with Crippen LogP contribution in [0.4, 0.5) is 10.5 Å². The minimum absolute atomic E-state index is 0.0633. The van der Waals surface area contributed by atoms with E-state index in [2.05, 4.69) is 11.9 Å². The molecule has 1 aromatic carbocycles. The third-order valence-corrected chi connectivity index (χ3v) is 2.53. The molecule has 0 saturated heterocycles. The summed E-state index contributed by atoms with van der Waals surface area (Å²) < 4.78 is 0. The first-order valence-corrected chi connectivity index (χ1v) is 6.03. The second kappa shape index (κ2) is 7.63. The van der Waals surface area contributed by atoms with Crippen LogP contribution in [0.3, 0.4) is 0 Å². The fourth-order valence-electron chi connectivity index (χ4n) is 1.61. The lowest BCUT2D eigenvalue weighted by atomic mass is 10.2. The molecule has 0 aliphatic rings. The van der Waals surface area contributed by atoms with Crippen LogP contribution >= 0.6 is 0 Å². The molecule has 0 aliphatic carbocycles. The first-order chi connectivity index (χ1) is 9.93. The predicted octanol–water partition coefficient (Wildman–Crippen LogP) is 1.38. The van der Waals surface area contributed by atoms with Gasteiger partial charge in [0, 0.05) is 25.2 Å². The number of non-ortho nitro benzene ring substituents is 1. The number of carbonyl (C=O) groups is 2. The van der Waals surface area contributed by atoms with Gasteiger partial charge < -0.3 is 15.3 Å². The summed E-state index contributed by atoms with van der Waals surface area (Å²) in [5, 5.41) is 21.9. The Morgan fingerprint density at radius 1 is 1.48 bits per heavy atom. The molecule has 0 spiro atoms. The Morgan fingerprint density at radius 3 is 2.76 bits per heavy atom. The number of rotatable bonds is 7. The smallest absolute Gasteiger partial charge is 0.323 e. The maximum Gasteiger partial charge on any atom is 0.323 e. The fraction of sp³-hybridized carbons (Fsp3) is 0.231. The molecule has 0 aromatic heterocycles. The summed E-state index contributed by atoms with van der Waals surface area (Å²) in [4.78, 5) is 33.7. The van der Waals surface area contributed by atoms with Crippen LogP contribution in [0.5, 0.6) is 0 Å². The molecule has 0 aliphatic heterocycles. The number of urea groups is 1. The topological polar surface area (TPSA) is 113 Å². The van der Waals surface area contributed by atoms with Crippen molar-refractivity contribution in [2.24, 2.45) is 0 Å². The molecule has 8 nitrogen and oxygen atoms in total. The largest absolute Gasteiger partial charge is 0.480 e. The summed E-state index contributed by atoms with van der Waals surface area (Å²) in [6.07, 6.45) is 1.41. The lowest BCUT2D eigenvalue weighted by Crippen LogP contribution is -2.42. The molecular weight excluding hydrogens is 278 g/mol. The van der Waals surface area contributed by atoms with Crippen LogP contribution in [0, 0.1) is 10.1 Å². The van der Waals surface area contributed by atoms with E-state index in [1.54, 1.807) is 6.07 Å². The molecule has 0 radical (unpaired) electrons. The van der Waals surface area contributed by atoms with Crippen molar-refractivity contribution in [3.8, 4) is 0 Å². The zero-order valence-corrected chi connectivity index (χ0v) is 11.2. The summed E-state index contributed by atoms with van der Waals surface area (Å²) >= 11 is 0. The zero-order chi connectivity index (χ0) is 15.8. The van der Waals surface area contributed by atoms with Gasteiger partial charge in [-0.25, -0.2) is 4.79 Å². The van der Waals surface area contributed by atoms with Crippen molar-refractivity contribution in [2.45, 2.75) is 6.54 Å².